The van der Waals surface area contributed by atoms with Crippen LogP contribution in [0.2, 0.25) is 5.02 Å². The molecule has 0 unspecified atom stereocenters. The van der Waals surface area contributed by atoms with E-state index in [1.807, 2.05) is 6.07 Å². The van der Waals surface area contributed by atoms with Gasteiger partial charge in [-0.25, -0.2) is 0 Å². The Kier molecular flexibility index (Phi) is 5.44. The average Bonchev–Trinajstić information content (AvgIpc) is 2.85. The quantitative estimate of drug-likeness (QED) is 0.822. The molecule has 0 spiro atoms. The Bertz CT molecular complexity index is 488. The number of aromatic nitrogens is 2. The SMILES string of the molecule is CCCNCc1ccc(Sc2nncs2)cc1Cl. The van der Waals surface area contributed by atoms with Gasteiger partial charge in [-0.15, -0.1) is 10.2 Å². The highest BCUT2D eigenvalue weighted by atomic mass is 35.5. The first kappa shape index (κ1) is 13.8. The molecule has 1 heterocycles. The largest absolute Gasteiger partial charge is 0.313 e. The molecule has 6 heteroatoms. The Labute approximate surface area is 120 Å². The lowest BCUT2D eigenvalue weighted by atomic mass is 10.2. The number of hydrogen-bond donors (Lipinski definition) is 1. The van der Waals surface area contributed by atoms with Crippen molar-refractivity contribution < 1.29 is 0 Å². The Balaban J connectivity index is 2.00. The minimum atomic E-state index is 0.799. The van der Waals surface area contributed by atoms with E-state index in [4.69, 9.17) is 11.6 Å². The summed E-state index contributed by atoms with van der Waals surface area (Å²) in [7, 11) is 0. The van der Waals surface area contributed by atoms with Crippen LogP contribution in [0.5, 0.6) is 0 Å². The van der Waals surface area contributed by atoms with Crippen molar-refractivity contribution in [2.75, 3.05) is 6.54 Å². The molecule has 0 saturated carbocycles. The first-order chi connectivity index (χ1) is 8.79. The van der Waals surface area contributed by atoms with Crippen LogP contribution < -0.4 is 5.32 Å². The van der Waals surface area contributed by atoms with Crippen molar-refractivity contribution in [3.8, 4) is 0 Å². The van der Waals surface area contributed by atoms with Gasteiger partial charge in [0.2, 0.25) is 0 Å². The van der Waals surface area contributed by atoms with E-state index in [1.165, 1.54) is 11.3 Å². The van der Waals surface area contributed by atoms with Gasteiger partial charge in [-0.3, -0.25) is 0 Å². The fourth-order valence-corrected chi connectivity index (χ4v) is 3.25. The summed E-state index contributed by atoms with van der Waals surface area (Å²) in [5, 5.41) is 12.0. The molecule has 0 amide bonds. The molecule has 0 aliphatic rings. The van der Waals surface area contributed by atoms with Crippen molar-refractivity contribution in [2.45, 2.75) is 29.1 Å². The van der Waals surface area contributed by atoms with Crippen molar-refractivity contribution in [1.82, 2.24) is 15.5 Å². The zero-order valence-electron chi connectivity index (χ0n) is 10.0. The summed E-state index contributed by atoms with van der Waals surface area (Å²) in [6.45, 7) is 3.98. The second-order valence-corrected chi connectivity index (χ2v) is 6.30. The van der Waals surface area contributed by atoms with E-state index >= 15 is 0 Å². The van der Waals surface area contributed by atoms with Crippen LogP contribution in [0.25, 0.3) is 0 Å². The molecule has 0 atom stereocenters. The number of nitrogens with zero attached hydrogens (tertiary/aromatic N) is 2. The number of rotatable bonds is 6. The summed E-state index contributed by atoms with van der Waals surface area (Å²) in [6, 6.07) is 6.12. The maximum absolute atomic E-state index is 6.26. The van der Waals surface area contributed by atoms with E-state index in [1.54, 1.807) is 17.3 Å². The molecule has 3 nitrogen and oxygen atoms in total. The van der Waals surface area contributed by atoms with Crippen molar-refractivity contribution in [3.63, 3.8) is 0 Å². The first-order valence-corrected chi connectivity index (χ1v) is 7.80. The van der Waals surface area contributed by atoms with E-state index in [-0.39, 0.29) is 0 Å². The van der Waals surface area contributed by atoms with Gasteiger partial charge >= 0.3 is 0 Å². The Morgan fingerprint density at radius 2 is 2.33 bits per heavy atom. The van der Waals surface area contributed by atoms with Crippen molar-refractivity contribution >= 4 is 34.7 Å². The van der Waals surface area contributed by atoms with Crippen LogP contribution in [-0.2, 0) is 6.54 Å². The Morgan fingerprint density at radius 3 is 3.00 bits per heavy atom. The molecule has 1 aromatic heterocycles. The predicted molar refractivity (Wildman–Crippen MR) is 77.5 cm³/mol. The lowest BCUT2D eigenvalue weighted by Crippen LogP contribution is -2.13. The lowest BCUT2D eigenvalue weighted by molar-refractivity contribution is 0.675. The summed E-state index contributed by atoms with van der Waals surface area (Å²) in [6.07, 6.45) is 1.13. The molecule has 96 valence electrons. The van der Waals surface area contributed by atoms with Crippen molar-refractivity contribution in [3.05, 3.63) is 34.3 Å². The molecule has 0 radical (unpaired) electrons. The van der Waals surface area contributed by atoms with Crippen LogP contribution in [0.3, 0.4) is 0 Å². The van der Waals surface area contributed by atoms with E-state index in [9.17, 15) is 0 Å². The van der Waals surface area contributed by atoms with Crippen LogP contribution >= 0.6 is 34.7 Å². The van der Waals surface area contributed by atoms with Crippen LogP contribution in [-0.4, -0.2) is 16.7 Å². The van der Waals surface area contributed by atoms with Gasteiger partial charge in [0, 0.05) is 16.5 Å². The molecule has 1 aromatic carbocycles. The lowest BCUT2D eigenvalue weighted by Gasteiger charge is -2.07. The number of halogens is 1. The monoisotopic (exact) mass is 299 g/mol. The second kappa shape index (κ2) is 7.09. The molecule has 0 fully saturated rings. The van der Waals surface area contributed by atoms with E-state index in [0.717, 1.165) is 39.3 Å². The summed E-state index contributed by atoms with van der Waals surface area (Å²) in [5.74, 6) is 0. The fraction of sp³-hybridized carbons (Fsp3) is 0.333. The van der Waals surface area contributed by atoms with Crippen LogP contribution in [0.4, 0.5) is 0 Å². The maximum atomic E-state index is 6.26. The van der Waals surface area contributed by atoms with E-state index < -0.39 is 0 Å². The summed E-state index contributed by atoms with van der Waals surface area (Å²) in [4.78, 5) is 1.09. The minimum absolute atomic E-state index is 0.799. The Hall–Kier alpha value is -0.620. The van der Waals surface area contributed by atoms with Gasteiger partial charge < -0.3 is 5.32 Å². The predicted octanol–water partition coefficient (Wildman–Crippen LogP) is 3.84. The van der Waals surface area contributed by atoms with Gasteiger partial charge in [-0.1, -0.05) is 47.7 Å². The average molecular weight is 300 g/mol. The van der Waals surface area contributed by atoms with Crippen molar-refractivity contribution in [2.24, 2.45) is 0 Å². The fourth-order valence-electron chi connectivity index (χ4n) is 1.44. The molecule has 1 N–H and O–H groups in total. The number of hydrogen-bond acceptors (Lipinski definition) is 5. The van der Waals surface area contributed by atoms with Crippen LogP contribution in [0.15, 0.2) is 32.9 Å². The summed E-state index contributed by atoms with van der Waals surface area (Å²) >= 11 is 9.38. The molecule has 2 aromatic rings. The topological polar surface area (TPSA) is 37.8 Å². The smallest absolute Gasteiger partial charge is 0.178 e. The molecular formula is C12H14ClN3S2. The molecule has 18 heavy (non-hydrogen) atoms. The normalized spacial score (nSPS) is 10.8. The number of nitrogens with one attached hydrogen (secondary N) is 1. The van der Waals surface area contributed by atoms with E-state index in [0.29, 0.717) is 0 Å². The maximum Gasteiger partial charge on any atom is 0.178 e. The van der Waals surface area contributed by atoms with Crippen molar-refractivity contribution in [1.29, 1.82) is 0 Å². The van der Waals surface area contributed by atoms with Gasteiger partial charge in [-0.2, -0.15) is 0 Å². The van der Waals surface area contributed by atoms with E-state index in [2.05, 4.69) is 34.6 Å². The zero-order chi connectivity index (χ0) is 12.8. The van der Waals surface area contributed by atoms with Gasteiger partial charge in [0.25, 0.3) is 0 Å². The zero-order valence-corrected chi connectivity index (χ0v) is 12.4. The highest BCUT2D eigenvalue weighted by Crippen LogP contribution is 2.31. The third-order valence-electron chi connectivity index (χ3n) is 2.31. The third-order valence-corrected chi connectivity index (χ3v) is 4.43. The van der Waals surface area contributed by atoms with Gasteiger partial charge in [0.05, 0.1) is 0 Å². The molecular weight excluding hydrogens is 286 g/mol. The molecule has 0 bridgehead atoms. The minimum Gasteiger partial charge on any atom is -0.313 e. The first-order valence-electron chi connectivity index (χ1n) is 5.72. The van der Waals surface area contributed by atoms with Gasteiger partial charge in [0.15, 0.2) is 4.34 Å². The van der Waals surface area contributed by atoms with Gasteiger partial charge in [-0.05, 0) is 30.7 Å². The highest BCUT2D eigenvalue weighted by Gasteiger charge is 2.05. The summed E-state index contributed by atoms with van der Waals surface area (Å²) in [5.41, 5.74) is 2.86. The van der Waals surface area contributed by atoms with Crippen LogP contribution in [0, 0.1) is 0 Å². The number of benzene rings is 1. The third kappa shape index (κ3) is 3.95. The second-order valence-electron chi connectivity index (χ2n) is 3.74. The Morgan fingerprint density at radius 1 is 1.44 bits per heavy atom. The van der Waals surface area contributed by atoms with Crippen LogP contribution in [0.1, 0.15) is 18.9 Å². The molecule has 0 saturated heterocycles. The molecule has 2 rings (SSSR count). The molecule has 0 aliphatic carbocycles. The molecule has 0 aliphatic heterocycles. The standard InChI is InChI=1S/C12H14ClN3S2/c1-2-5-14-7-9-3-4-10(6-11(9)13)18-12-16-15-8-17-12/h3-4,6,8,14H,2,5,7H2,1H3. The highest BCUT2D eigenvalue weighted by molar-refractivity contribution is 8.01. The van der Waals surface area contributed by atoms with Gasteiger partial charge in [0.1, 0.15) is 5.51 Å². The summed E-state index contributed by atoms with van der Waals surface area (Å²) < 4.78 is 0.933.